The summed E-state index contributed by atoms with van der Waals surface area (Å²) in [6.07, 6.45) is 1.81. The van der Waals surface area contributed by atoms with Gasteiger partial charge in [0.25, 0.3) is 0 Å². The van der Waals surface area contributed by atoms with Gasteiger partial charge in [-0.25, -0.2) is 19.6 Å². The van der Waals surface area contributed by atoms with E-state index in [2.05, 4.69) is 9.98 Å². The van der Waals surface area contributed by atoms with E-state index >= 15 is 0 Å². The van der Waals surface area contributed by atoms with E-state index in [0.717, 1.165) is 22.4 Å². The van der Waals surface area contributed by atoms with Crippen molar-refractivity contribution in [3.8, 4) is 0 Å². The van der Waals surface area contributed by atoms with E-state index in [1.54, 1.807) is 6.34 Å². The first-order chi connectivity index (χ1) is 11.2. The standard InChI is InChI=1S/C14H18N4.C2H2O4/c1-17(2)10-15-13-9-14(18(3)4)16-12-8-6-5-7-11(12)13;3-1(4)2(5)6/h5-10H,1-4H3;(H,3,4)(H,5,6). The molecule has 0 unspecified atom stereocenters. The molecule has 0 saturated carbocycles. The summed E-state index contributed by atoms with van der Waals surface area (Å²) in [5.74, 6) is -2.73. The Bertz CT molecular complexity index is 745. The summed E-state index contributed by atoms with van der Waals surface area (Å²) in [6, 6.07) is 10.1. The van der Waals surface area contributed by atoms with Gasteiger partial charge in [0.2, 0.25) is 0 Å². The highest BCUT2D eigenvalue weighted by Crippen LogP contribution is 2.28. The third kappa shape index (κ3) is 5.56. The van der Waals surface area contributed by atoms with Gasteiger partial charge < -0.3 is 20.0 Å². The molecule has 2 N–H and O–H groups in total. The SMILES string of the molecule is CN(C)C=Nc1cc(N(C)C)nc2ccccc12.O=C(O)C(=O)O. The lowest BCUT2D eigenvalue weighted by molar-refractivity contribution is -0.159. The lowest BCUT2D eigenvalue weighted by Gasteiger charge is -2.13. The molecule has 0 amide bonds. The van der Waals surface area contributed by atoms with Crippen LogP contribution in [0.25, 0.3) is 10.9 Å². The number of aliphatic imine (C=N–C) groups is 1. The number of fused-ring (bicyclic) bond motifs is 1. The van der Waals surface area contributed by atoms with Crippen molar-refractivity contribution in [2.45, 2.75) is 0 Å². The first-order valence-electron chi connectivity index (χ1n) is 6.96. The second-order valence-corrected chi connectivity index (χ2v) is 5.23. The zero-order chi connectivity index (χ0) is 18.3. The minimum Gasteiger partial charge on any atom is -0.473 e. The number of carboxylic acids is 2. The van der Waals surface area contributed by atoms with Crippen molar-refractivity contribution in [2.75, 3.05) is 33.1 Å². The minimum atomic E-state index is -1.82. The van der Waals surface area contributed by atoms with Crippen LogP contribution < -0.4 is 4.90 Å². The molecule has 8 heteroatoms. The highest BCUT2D eigenvalue weighted by atomic mass is 16.4. The lowest BCUT2D eigenvalue weighted by atomic mass is 10.2. The fraction of sp³-hybridized carbons (Fsp3) is 0.250. The van der Waals surface area contributed by atoms with Crippen LogP contribution in [0.5, 0.6) is 0 Å². The number of aliphatic carboxylic acids is 2. The summed E-state index contributed by atoms with van der Waals surface area (Å²) in [6.45, 7) is 0. The largest absolute Gasteiger partial charge is 0.473 e. The van der Waals surface area contributed by atoms with Crippen molar-refractivity contribution in [3.63, 3.8) is 0 Å². The molecule has 0 fully saturated rings. The summed E-state index contributed by atoms with van der Waals surface area (Å²) >= 11 is 0. The Morgan fingerprint density at radius 1 is 1.08 bits per heavy atom. The zero-order valence-corrected chi connectivity index (χ0v) is 14.0. The van der Waals surface area contributed by atoms with Gasteiger partial charge in [0, 0.05) is 39.6 Å². The Balaban J connectivity index is 0.000000413. The zero-order valence-electron chi connectivity index (χ0n) is 14.0. The fourth-order valence-corrected chi connectivity index (χ4v) is 1.66. The van der Waals surface area contributed by atoms with E-state index in [1.165, 1.54) is 0 Å². The molecule has 1 aromatic carbocycles. The summed E-state index contributed by atoms with van der Waals surface area (Å²) in [4.78, 5) is 31.2. The highest BCUT2D eigenvalue weighted by molar-refractivity contribution is 6.27. The number of rotatable bonds is 3. The Morgan fingerprint density at radius 3 is 2.17 bits per heavy atom. The van der Waals surface area contributed by atoms with Gasteiger partial charge in [-0.05, 0) is 6.07 Å². The first-order valence-corrected chi connectivity index (χ1v) is 6.96. The minimum absolute atomic E-state index is 0.916. The van der Waals surface area contributed by atoms with Crippen LogP contribution in [-0.2, 0) is 9.59 Å². The van der Waals surface area contributed by atoms with Gasteiger partial charge in [-0.3, -0.25) is 0 Å². The maximum atomic E-state index is 9.10. The second-order valence-electron chi connectivity index (χ2n) is 5.23. The molecule has 1 heterocycles. The molecule has 0 aliphatic rings. The summed E-state index contributed by atoms with van der Waals surface area (Å²) < 4.78 is 0. The molecule has 128 valence electrons. The van der Waals surface area contributed by atoms with Gasteiger partial charge in [-0.15, -0.1) is 0 Å². The molecule has 0 saturated heterocycles. The normalized spacial score (nSPS) is 10.2. The van der Waals surface area contributed by atoms with Crippen LogP contribution in [0.1, 0.15) is 0 Å². The number of carboxylic acid groups (broad SMARTS) is 2. The molecular weight excluding hydrogens is 312 g/mol. The maximum Gasteiger partial charge on any atom is 0.414 e. The van der Waals surface area contributed by atoms with E-state index in [0.29, 0.717) is 0 Å². The number of anilines is 1. The van der Waals surface area contributed by atoms with Crippen LogP contribution in [0.4, 0.5) is 11.5 Å². The Labute approximate surface area is 139 Å². The molecule has 0 radical (unpaired) electrons. The number of para-hydroxylation sites is 1. The van der Waals surface area contributed by atoms with Gasteiger partial charge >= 0.3 is 11.9 Å². The van der Waals surface area contributed by atoms with Gasteiger partial charge in [0.05, 0.1) is 17.5 Å². The van der Waals surface area contributed by atoms with Crippen molar-refractivity contribution in [1.29, 1.82) is 0 Å². The molecule has 0 atom stereocenters. The number of pyridine rings is 1. The number of benzene rings is 1. The monoisotopic (exact) mass is 332 g/mol. The van der Waals surface area contributed by atoms with Crippen LogP contribution in [-0.4, -0.2) is 66.6 Å². The van der Waals surface area contributed by atoms with E-state index < -0.39 is 11.9 Å². The highest BCUT2D eigenvalue weighted by Gasteiger charge is 2.05. The predicted octanol–water partition coefficient (Wildman–Crippen LogP) is 1.68. The van der Waals surface area contributed by atoms with Crippen LogP contribution in [0, 0.1) is 0 Å². The Hall–Kier alpha value is -3.16. The third-order valence-corrected chi connectivity index (χ3v) is 2.75. The molecule has 0 bridgehead atoms. The predicted molar refractivity (Wildman–Crippen MR) is 93.2 cm³/mol. The number of hydrogen-bond donors (Lipinski definition) is 2. The van der Waals surface area contributed by atoms with E-state index in [9.17, 15) is 0 Å². The van der Waals surface area contributed by atoms with Crippen LogP contribution in [0.15, 0.2) is 35.3 Å². The summed E-state index contributed by atoms with van der Waals surface area (Å²) in [5, 5.41) is 15.9. The van der Waals surface area contributed by atoms with Crippen molar-refractivity contribution < 1.29 is 19.8 Å². The van der Waals surface area contributed by atoms with Crippen molar-refractivity contribution in [1.82, 2.24) is 9.88 Å². The molecule has 2 rings (SSSR count). The van der Waals surface area contributed by atoms with E-state index in [-0.39, 0.29) is 0 Å². The third-order valence-electron chi connectivity index (χ3n) is 2.75. The molecule has 24 heavy (non-hydrogen) atoms. The van der Waals surface area contributed by atoms with Crippen molar-refractivity contribution in [3.05, 3.63) is 30.3 Å². The quantitative estimate of drug-likeness (QED) is 0.500. The van der Waals surface area contributed by atoms with Crippen molar-refractivity contribution >= 4 is 40.7 Å². The molecule has 2 aromatic rings. The van der Waals surface area contributed by atoms with E-state index in [4.69, 9.17) is 19.8 Å². The summed E-state index contributed by atoms with van der Waals surface area (Å²) in [5.41, 5.74) is 1.91. The average Bonchev–Trinajstić information content (AvgIpc) is 2.52. The Kier molecular flexibility index (Phi) is 6.66. The molecule has 0 aliphatic carbocycles. The van der Waals surface area contributed by atoms with Gasteiger partial charge in [0.15, 0.2) is 0 Å². The van der Waals surface area contributed by atoms with Gasteiger partial charge in [0.1, 0.15) is 5.82 Å². The molecule has 8 nitrogen and oxygen atoms in total. The maximum absolute atomic E-state index is 9.10. The molecular formula is C16H20N4O4. The smallest absolute Gasteiger partial charge is 0.414 e. The fourth-order valence-electron chi connectivity index (χ4n) is 1.66. The topological polar surface area (TPSA) is 106 Å². The Morgan fingerprint density at radius 2 is 1.67 bits per heavy atom. The summed E-state index contributed by atoms with van der Waals surface area (Å²) in [7, 11) is 7.88. The van der Waals surface area contributed by atoms with Crippen LogP contribution >= 0.6 is 0 Å². The molecule has 0 aliphatic heterocycles. The van der Waals surface area contributed by atoms with Crippen LogP contribution in [0.3, 0.4) is 0 Å². The number of nitrogens with zero attached hydrogens (tertiary/aromatic N) is 4. The molecule has 1 aromatic heterocycles. The second kappa shape index (κ2) is 8.47. The van der Waals surface area contributed by atoms with Gasteiger partial charge in [-0.2, -0.15) is 0 Å². The van der Waals surface area contributed by atoms with E-state index in [1.807, 2.05) is 68.3 Å². The number of carbonyl (C=O) groups is 2. The first kappa shape index (κ1) is 18.9. The van der Waals surface area contributed by atoms with Gasteiger partial charge in [-0.1, -0.05) is 18.2 Å². The number of hydrogen-bond acceptors (Lipinski definition) is 5. The van der Waals surface area contributed by atoms with Crippen LogP contribution in [0.2, 0.25) is 0 Å². The average molecular weight is 332 g/mol. The van der Waals surface area contributed by atoms with Crippen molar-refractivity contribution in [2.24, 2.45) is 4.99 Å². The molecule has 0 spiro atoms. The number of aromatic nitrogens is 1. The lowest BCUT2D eigenvalue weighted by Crippen LogP contribution is -2.10.